The molecular weight excluding hydrogens is 274 g/mol. The summed E-state index contributed by atoms with van der Waals surface area (Å²) in [7, 11) is -2.89. The molecule has 0 saturated heterocycles. The van der Waals surface area contributed by atoms with Gasteiger partial charge in [0, 0.05) is 43.8 Å². The number of rotatable bonds is 7. The molecule has 108 valence electrons. The third kappa shape index (κ3) is 4.47. The van der Waals surface area contributed by atoms with E-state index in [1.165, 1.54) is 6.26 Å². The van der Waals surface area contributed by atoms with Crippen molar-refractivity contribution in [1.29, 1.82) is 0 Å². The fraction of sp³-hybridized carbons (Fsp3) is 0.357. The van der Waals surface area contributed by atoms with Crippen LogP contribution in [0.3, 0.4) is 0 Å². The third-order valence-corrected chi connectivity index (χ3v) is 3.87. The molecule has 6 heteroatoms. The molecule has 1 N–H and O–H groups in total. The standard InChI is InChI=1S/C14H19N3O2S/c1-20(18,19)12-9-15-7-10-17-11-8-16-14(17)13-5-3-2-4-6-13/h2-6,8,11,15H,7,9-10,12H2,1H3. The number of hydrogen-bond donors (Lipinski definition) is 1. The maximum Gasteiger partial charge on any atom is 0.148 e. The van der Waals surface area contributed by atoms with Gasteiger partial charge < -0.3 is 9.88 Å². The molecule has 1 heterocycles. The molecule has 0 bridgehead atoms. The van der Waals surface area contributed by atoms with Gasteiger partial charge in [0.15, 0.2) is 0 Å². The lowest BCUT2D eigenvalue weighted by atomic mass is 10.2. The van der Waals surface area contributed by atoms with Gasteiger partial charge in [-0.05, 0) is 0 Å². The van der Waals surface area contributed by atoms with Crippen molar-refractivity contribution in [2.45, 2.75) is 6.54 Å². The van der Waals surface area contributed by atoms with Crippen LogP contribution in [0.15, 0.2) is 42.7 Å². The van der Waals surface area contributed by atoms with Crippen LogP contribution in [0.25, 0.3) is 11.4 Å². The Morgan fingerprint density at radius 1 is 1.20 bits per heavy atom. The van der Waals surface area contributed by atoms with E-state index in [2.05, 4.69) is 14.9 Å². The highest BCUT2D eigenvalue weighted by Gasteiger charge is 2.05. The molecule has 0 unspecified atom stereocenters. The van der Waals surface area contributed by atoms with Gasteiger partial charge in [0.05, 0.1) is 5.75 Å². The van der Waals surface area contributed by atoms with Crippen LogP contribution in [0.5, 0.6) is 0 Å². The van der Waals surface area contributed by atoms with Crippen LogP contribution in [-0.2, 0) is 16.4 Å². The number of benzene rings is 1. The molecule has 0 aliphatic carbocycles. The van der Waals surface area contributed by atoms with E-state index >= 15 is 0 Å². The normalized spacial score (nSPS) is 11.7. The van der Waals surface area contributed by atoms with Gasteiger partial charge >= 0.3 is 0 Å². The number of sulfone groups is 1. The zero-order chi connectivity index (χ0) is 14.4. The lowest BCUT2D eigenvalue weighted by Gasteiger charge is -2.08. The Morgan fingerprint density at radius 2 is 1.95 bits per heavy atom. The summed E-state index contributed by atoms with van der Waals surface area (Å²) in [5, 5.41) is 3.13. The van der Waals surface area contributed by atoms with Gasteiger partial charge in [-0.3, -0.25) is 0 Å². The minimum absolute atomic E-state index is 0.169. The van der Waals surface area contributed by atoms with E-state index in [4.69, 9.17) is 0 Å². The third-order valence-electron chi connectivity index (χ3n) is 2.93. The first-order chi connectivity index (χ1) is 9.56. The Morgan fingerprint density at radius 3 is 2.65 bits per heavy atom. The van der Waals surface area contributed by atoms with Crippen molar-refractivity contribution in [3.05, 3.63) is 42.7 Å². The van der Waals surface area contributed by atoms with Crippen LogP contribution in [0.4, 0.5) is 0 Å². The number of imidazole rings is 1. The quantitative estimate of drug-likeness (QED) is 0.779. The highest BCUT2D eigenvalue weighted by Crippen LogP contribution is 2.16. The fourth-order valence-electron chi connectivity index (χ4n) is 1.92. The second-order valence-corrected chi connectivity index (χ2v) is 6.95. The molecule has 20 heavy (non-hydrogen) atoms. The zero-order valence-electron chi connectivity index (χ0n) is 11.5. The van der Waals surface area contributed by atoms with Gasteiger partial charge in [-0.15, -0.1) is 0 Å². The van der Waals surface area contributed by atoms with Crippen molar-refractivity contribution < 1.29 is 8.42 Å². The largest absolute Gasteiger partial charge is 0.330 e. The average Bonchev–Trinajstić information content (AvgIpc) is 2.86. The van der Waals surface area contributed by atoms with Gasteiger partial charge in [-0.2, -0.15) is 0 Å². The summed E-state index contributed by atoms with van der Waals surface area (Å²) in [6, 6.07) is 9.99. The summed E-state index contributed by atoms with van der Waals surface area (Å²) < 4.78 is 24.1. The molecule has 0 amide bonds. The lowest BCUT2D eigenvalue weighted by molar-refractivity contribution is 0.587. The van der Waals surface area contributed by atoms with E-state index < -0.39 is 9.84 Å². The lowest BCUT2D eigenvalue weighted by Crippen LogP contribution is -2.25. The smallest absolute Gasteiger partial charge is 0.148 e. The Hall–Kier alpha value is -1.66. The van der Waals surface area contributed by atoms with Gasteiger partial charge in [0.2, 0.25) is 0 Å². The first kappa shape index (κ1) is 14.7. The maximum atomic E-state index is 11.0. The highest BCUT2D eigenvalue weighted by molar-refractivity contribution is 7.90. The molecule has 0 fully saturated rings. The van der Waals surface area contributed by atoms with E-state index in [9.17, 15) is 8.42 Å². The van der Waals surface area contributed by atoms with E-state index in [1.54, 1.807) is 6.20 Å². The summed E-state index contributed by atoms with van der Waals surface area (Å²) in [5.74, 6) is 1.10. The average molecular weight is 293 g/mol. The molecular formula is C14H19N3O2S. The minimum atomic E-state index is -2.89. The van der Waals surface area contributed by atoms with Crippen molar-refractivity contribution in [1.82, 2.24) is 14.9 Å². The maximum absolute atomic E-state index is 11.0. The fourth-order valence-corrected chi connectivity index (χ4v) is 2.43. The minimum Gasteiger partial charge on any atom is -0.330 e. The van der Waals surface area contributed by atoms with Gasteiger partial charge in [0.25, 0.3) is 0 Å². The summed E-state index contributed by atoms with van der Waals surface area (Å²) in [6.45, 7) is 1.95. The topological polar surface area (TPSA) is 64.0 Å². The monoisotopic (exact) mass is 293 g/mol. The molecule has 1 aromatic heterocycles. The van der Waals surface area contributed by atoms with E-state index in [0.717, 1.165) is 17.9 Å². The first-order valence-electron chi connectivity index (χ1n) is 6.51. The van der Waals surface area contributed by atoms with Crippen molar-refractivity contribution in [3.8, 4) is 11.4 Å². The summed E-state index contributed by atoms with van der Waals surface area (Å²) in [5.41, 5.74) is 1.08. The van der Waals surface area contributed by atoms with Crippen LogP contribution in [-0.4, -0.2) is 43.1 Å². The molecule has 5 nitrogen and oxygen atoms in total. The second-order valence-electron chi connectivity index (χ2n) is 4.69. The molecule has 2 rings (SSSR count). The molecule has 1 aromatic carbocycles. The Kier molecular flexibility index (Phi) is 4.92. The Labute approximate surface area is 119 Å². The van der Waals surface area contributed by atoms with E-state index in [-0.39, 0.29) is 5.75 Å². The van der Waals surface area contributed by atoms with Gasteiger partial charge in [-0.1, -0.05) is 30.3 Å². The molecule has 0 spiro atoms. The predicted octanol–water partition coefficient (Wildman–Crippen LogP) is 1.18. The van der Waals surface area contributed by atoms with Crippen LogP contribution >= 0.6 is 0 Å². The predicted molar refractivity (Wildman–Crippen MR) is 80.2 cm³/mol. The van der Waals surface area contributed by atoms with Crippen molar-refractivity contribution in [3.63, 3.8) is 0 Å². The van der Waals surface area contributed by atoms with Crippen LogP contribution in [0, 0.1) is 0 Å². The van der Waals surface area contributed by atoms with Crippen LogP contribution in [0.1, 0.15) is 0 Å². The first-order valence-corrected chi connectivity index (χ1v) is 8.57. The molecule has 0 aliphatic heterocycles. The Bertz CT molecular complexity index is 635. The van der Waals surface area contributed by atoms with Gasteiger partial charge in [0.1, 0.15) is 15.7 Å². The van der Waals surface area contributed by atoms with Gasteiger partial charge in [-0.25, -0.2) is 13.4 Å². The summed E-state index contributed by atoms with van der Waals surface area (Å²) in [6.07, 6.45) is 4.96. The van der Waals surface area contributed by atoms with Crippen LogP contribution in [0.2, 0.25) is 0 Å². The number of nitrogens with zero attached hydrogens (tertiary/aromatic N) is 2. The molecule has 0 radical (unpaired) electrons. The summed E-state index contributed by atoms with van der Waals surface area (Å²) in [4.78, 5) is 4.36. The Balaban J connectivity index is 1.87. The van der Waals surface area contributed by atoms with Crippen LogP contribution < -0.4 is 5.32 Å². The summed E-state index contributed by atoms with van der Waals surface area (Å²) >= 11 is 0. The number of hydrogen-bond acceptors (Lipinski definition) is 4. The molecule has 2 aromatic rings. The number of nitrogens with one attached hydrogen (secondary N) is 1. The zero-order valence-corrected chi connectivity index (χ0v) is 12.3. The highest BCUT2D eigenvalue weighted by atomic mass is 32.2. The SMILES string of the molecule is CS(=O)(=O)CCNCCn1ccnc1-c1ccccc1. The van der Waals surface area contributed by atoms with Crippen molar-refractivity contribution >= 4 is 9.84 Å². The van der Waals surface area contributed by atoms with E-state index in [0.29, 0.717) is 13.1 Å². The molecule has 0 atom stereocenters. The second kappa shape index (κ2) is 6.67. The number of aromatic nitrogens is 2. The van der Waals surface area contributed by atoms with Crippen molar-refractivity contribution in [2.75, 3.05) is 25.1 Å². The van der Waals surface area contributed by atoms with Crippen molar-refractivity contribution in [2.24, 2.45) is 0 Å². The van der Waals surface area contributed by atoms with E-state index in [1.807, 2.05) is 36.5 Å². The molecule has 0 aliphatic rings. The molecule has 0 saturated carbocycles.